The smallest absolute Gasteiger partial charge is 0.306 e. The summed E-state index contributed by atoms with van der Waals surface area (Å²) < 4.78 is 22.8. The highest BCUT2D eigenvalue weighted by Gasteiger charge is 2.44. The molecule has 4 N–H and O–H groups in total. The molecule has 0 aromatic carbocycles. The fourth-order valence-electron chi connectivity index (χ4n) is 6.54. The molecular formula is C46H82O9. The minimum Gasteiger partial charge on any atom is -0.457 e. The van der Waals surface area contributed by atoms with Gasteiger partial charge < -0.3 is 39.4 Å². The number of unbranched alkanes of at least 4 members (excludes halogenated alkanes) is 18. The van der Waals surface area contributed by atoms with Gasteiger partial charge in [-0.05, 0) is 51.4 Å². The highest BCUT2D eigenvalue weighted by molar-refractivity contribution is 5.69. The Balaban J connectivity index is 2.22. The van der Waals surface area contributed by atoms with Crippen LogP contribution >= 0.6 is 0 Å². The average Bonchev–Trinajstić information content (AvgIpc) is 3.18. The molecule has 1 aliphatic heterocycles. The number of esters is 1. The van der Waals surface area contributed by atoms with Crippen molar-refractivity contribution in [2.75, 3.05) is 26.4 Å². The van der Waals surface area contributed by atoms with Gasteiger partial charge in [-0.2, -0.15) is 0 Å². The lowest BCUT2D eigenvalue weighted by Crippen LogP contribution is -2.59. The summed E-state index contributed by atoms with van der Waals surface area (Å²) in [5.41, 5.74) is 0. The predicted molar refractivity (Wildman–Crippen MR) is 224 cm³/mol. The van der Waals surface area contributed by atoms with Crippen molar-refractivity contribution in [3.63, 3.8) is 0 Å². The number of carbonyl (C=O) groups excluding carboxylic acids is 1. The molecular weight excluding hydrogens is 696 g/mol. The number of aliphatic hydroxyl groups is 4. The van der Waals surface area contributed by atoms with E-state index in [4.69, 9.17) is 18.9 Å². The van der Waals surface area contributed by atoms with E-state index in [0.29, 0.717) is 13.0 Å². The SMILES string of the molecule is CC/C=C\C/C=C\C/C=C\C/C=C\CCCCCCCCCCCOCC(COC1OC(CO)C(O)C(O)C1O)OC(=O)CCCCCCCCCCCC. The Morgan fingerprint density at radius 2 is 1.11 bits per heavy atom. The van der Waals surface area contributed by atoms with Gasteiger partial charge in [0.1, 0.15) is 30.5 Å². The van der Waals surface area contributed by atoms with Crippen LogP contribution in [0.15, 0.2) is 48.6 Å². The molecule has 0 spiro atoms. The quantitative estimate of drug-likeness (QED) is 0.0276. The molecule has 0 bridgehead atoms. The molecule has 6 atom stereocenters. The van der Waals surface area contributed by atoms with E-state index in [1.54, 1.807) is 0 Å². The van der Waals surface area contributed by atoms with Crippen LogP contribution in [0.3, 0.4) is 0 Å². The van der Waals surface area contributed by atoms with Crippen molar-refractivity contribution in [1.82, 2.24) is 0 Å². The van der Waals surface area contributed by atoms with Gasteiger partial charge in [0, 0.05) is 13.0 Å². The van der Waals surface area contributed by atoms with Gasteiger partial charge in [0.15, 0.2) is 6.29 Å². The van der Waals surface area contributed by atoms with Crippen molar-refractivity contribution in [3.05, 3.63) is 48.6 Å². The largest absolute Gasteiger partial charge is 0.457 e. The van der Waals surface area contributed by atoms with Crippen LogP contribution in [0.2, 0.25) is 0 Å². The number of allylic oxidation sites excluding steroid dienone is 8. The predicted octanol–water partition coefficient (Wildman–Crippen LogP) is 9.75. The van der Waals surface area contributed by atoms with Crippen molar-refractivity contribution in [1.29, 1.82) is 0 Å². The summed E-state index contributed by atoms with van der Waals surface area (Å²) in [6.45, 7) is 4.42. The maximum Gasteiger partial charge on any atom is 0.306 e. The zero-order valence-corrected chi connectivity index (χ0v) is 34.9. The standard InChI is InChI=1S/C46H82O9/c1-3-5-7-9-11-13-15-16-17-18-19-20-21-22-23-24-25-26-28-30-32-34-36-52-38-40(39-53-46-45(51)44(50)43(49)41(37-47)55-46)54-42(48)35-33-31-29-27-14-12-10-8-6-4-2/h5,7,11,13,16-17,19-20,40-41,43-47,49-51H,3-4,6,8-10,12,14-15,18,21-39H2,1-2H3/b7-5-,13-11-,17-16-,20-19-. The summed E-state index contributed by atoms with van der Waals surface area (Å²) in [5.74, 6) is -0.319. The van der Waals surface area contributed by atoms with Crippen LogP contribution in [0.25, 0.3) is 0 Å². The lowest BCUT2D eigenvalue weighted by molar-refractivity contribution is -0.305. The fraction of sp³-hybridized carbons (Fsp3) is 0.804. The van der Waals surface area contributed by atoms with Gasteiger partial charge in [0.05, 0.1) is 19.8 Å². The normalized spacial score (nSPS) is 21.2. The highest BCUT2D eigenvalue weighted by atomic mass is 16.7. The molecule has 1 aliphatic rings. The minimum absolute atomic E-state index is 0.115. The van der Waals surface area contributed by atoms with Crippen LogP contribution in [0.1, 0.15) is 174 Å². The van der Waals surface area contributed by atoms with E-state index in [2.05, 4.69) is 62.5 Å². The van der Waals surface area contributed by atoms with Gasteiger partial charge >= 0.3 is 5.97 Å². The highest BCUT2D eigenvalue weighted by Crippen LogP contribution is 2.22. The van der Waals surface area contributed by atoms with Gasteiger partial charge in [-0.3, -0.25) is 4.79 Å². The van der Waals surface area contributed by atoms with Gasteiger partial charge in [0.2, 0.25) is 0 Å². The molecule has 55 heavy (non-hydrogen) atoms. The summed E-state index contributed by atoms with van der Waals surface area (Å²) in [7, 11) is 0. The third-order valence-electron chi connectivity index (χ3n) is 10.0. The van der Waals surface area contributed by atoms with Crippen molar-refractivity contribution >= 4 is 5.97 Å². The molecule has 0 amide bonds. The topological polar surface area (TPSA) is 135 Å². The van der Waals surface area contributed by atoms with Crippen molar-refractivity contribution in [3.8, 4) is 0 Å². The maximum atomic E-state index is 12.7. The maximum absolute atomic E-state index is 12.7. The van der Waals surface area contributed by atoms with Crippen LogP contribution in [0.5, 0.6) is 0 Å². The molecule has 0 aromatic rings. The second kappa shape index (κ2) is 37.7. The molecule has 1 saturated heterocycles. The van der Waals surface area contributed by atoms with Gasteiger partial charge in [-0.1, -0.05) is 165 Å². The molecule has 9 heteroatoms. The molecule has 320 valence electrons. The van der Waals surface area contributed by atoms with Crippen LogP contribution in [0, 0.1) is 0 Å². The molecule has 1 fully saturated rings. The summed E-state index contributed by atoms with van der Waals surface area (Å²) >= 11 is 0. The summed E-state index contributed by atoms with van der Waals surface area (Å²) in [5, 5.41) is 40.0. The van der Waals surface area contributed by atoms with E-state index in [-0.39, 0.29) is 19.2 Å². The van der Waals surface area contributed by atoms with E-state index in [0.717, 1.165) is 64.2 Å². The number of carbonyl (C=O) groups is 1. The molecule has 1 rings (SSSR count). The second-order valence-electron chi connectivity index (χ2n) is 15.1. The Hall–Kier alpha value is -1.85. The summed E-state index contributed by atoms with van der Waals surface area (Å²) in [6, 6.07) is 0. The van der Waals surface area contributed by atoms with Gasteiger partial charge in [0.25, 0.3) is 0 Å². The molecule has 0 aromatic heterocycles. The molecule has 1 heterocycles. The van der Waals surface area contributed by atoms with E-state index < -0.39 is 43.4 Å². The number of hydrogen-bond acceptors (Lipinski definition) is 9. The Morgan fingerprint density at radius 3 is 1.67 bits per heavy atom. The van der Waals surface area contributed by atoms with E-state index in [9.17, 15) is 25.2 Å². The van der Waals surface area contributed by atoms with Gasteiger partial charge in [-0.15, -0.1) is 0 Å². The van der Waals surface area contributed by atoms with Crippen LogP contribution < -0.4 is 0 Å². The monoisotopic (exact) mass is 779 g/mol. The Morgan fingerprint density at radius 1 is 0.600 bits per heavy atom. The lowest BCUT2D eigenvalue weighted by Gasteiger charge is -2.39. The van der Waals surface area contributed by atoms with Crippen molar-refractivity contribution in [2.24, 2.45) is 0 Å². The minimum atomic E-state index is -1.54. The Kier molecular flexibility index (Phi) is 35.1. The zero-order valence-electron chi connectivity index (χ0n) is 34.9. The third kappa shape index (κ3) is 29.1. The second-order valence-corrected chi connectivity index (χ2v) is 15.1. The first kappa shape index (κ1) is 51.2. The van der Waals surface area contributed by atoms with Crippen LogP contribution in [0.4, 0.5) is 0 Å². The Bertz CT molecular complexity index is 978. The summed E-state index contributed by atoms with van der Waals surface area (Å²) in [6.07, 6.45) is 38.6. The zero-order chi connectivity index (χ0) is 40.0. The van der Waals surface area contributed by atoms with Crippen LogP contribution in [-0.4, -0.2) is 89.6 Å². The number of rotatable bonds is 37. The van der Waals surface area contributed by atoms with Crippen molar-refractivity contribution < 1.29 is 44.2 Å². The summed E-state index contributed by atoms with van der Waals surface area (Å²) in [4.78, 5) is 12.7. The number of hydrogen-bond donors (Lipinski definition) is 4. The molecule has 9 nitrogen and oxygen atoms in total. The van der Waals surface area contributed by atoms with Gasteiger partial charge in [-0.25, -0.2) is 0 Å². The van der Waals surface area contributed by atoms with E-state index in [1.165, 1.54) is 89.9 Å². The fourth-order valence-corrected chi connectivity index (χ4v) is 6.54. The average molecular weight is 779 g/mol. The molecule has 0 saturated carbocycles. The molecule has 0 radical (unpaired) electrons. The first-order valence-electron chi connectivity index (χ1n) is 22.2. The van der Waals surface area contributed by atoms with E-state index >= 15 is 0 Å². The molecule has 0 aliphatic carbocycles. The number of ether oxygens (including phenoxy) is 4. The molecule has 6 unspecified atom stereocenters. The third-order valence-corrected chi connectivity index (χ3v) is 10.0. The van der Waals surface area contributed by atoms with Crippen LogP contribution in [-0.2, 0) is 23.7 Å². The Labute approximate surface area is 335 Å². The first-order chi connectivity index (χ1) is 26.9. The van der Waals surface area contributed by atoms with Crippen molar-refractivity contribution in [2.45, 2.75) is 211 Å². The first-order valence-corrected chi connectivity index (χ1v) is 22.2. The number of aliphatic hydroxyl groups excluding tert-OH is 4. The van der Waals surface area contributed by atoms with E-state index in [1.807, 2.05) is 0 Å². The lowest BCUT2D eigenvalue weighted by atomic mass is 9.99.